The van der Waals surface area contributed by atoms with Crippen molar-refractivity contribution in [1.82, 2.24) is 19.9 Å². The number of hydrogen-bond donors (Lipinski definition) is 3. The number of carboxylic acids is 1. The Morgan fingerprint density at radius 1 is 1.09 bits per heavy atom. The Balaban J connectivity index is 1.42. The van der Waals surface area contributed by atoms with Crippen LogP contribution in [0.15, 0.2) is 66.9 Å². The summed E-state index contributed by atoms with van der Waals surface area (Å²) in [5.74, 6) is 1.31. The summed E-state index contributed by atoms with van der Waals surface area (Å²) in [6.45, 7) is 0.550. The van der Waals surface area contributed by atoms with Crippen LogP contribution in [0.3, 0.4) is 0 Å². The lowest BCUT2D eigenvalue weighted by Gasteiger charge is -2.27. The average Bonchev–Trinajstić information content (AvgIpc) is 3.25. The van der Waals surface area contributed by atoms with Crippen molar-refractivity contribution < 1.29 is 14.6 Å². The number of benzene rings is 2. The quantitative estimate of drug-likeness (QED) is 0.443. The minimum absolute atomic E-state index is 0.0994. The van der Waals surface area contributed by atoms with E-state index in [9.17, 15) is 9.90 Å². The highest BCUT2D eigenvalue weighted by atomic mass is 16.5. The van der Waals surface area contributed by atoms with Crippen LogP contribution in [0.2, 0.25) is 0 Å². The summed E-state index contributed by atoms with van der Waals surface area (Å²) in [6, 6.07) is 18.7. The second-order valence-corrected chi connectivity index (χ2v) is 7.91. The summed E-state index contributed by atoms with van der Waals surface area (Å²) in [5.41, 5.74) is 9.62. The first-order valence-electron chi connectivity index (χ1n) is 10.5. The Morgan fingerprint density at radius 2 is 1.84 bits per heavy atom. The fraction of sp³-hybridized carbons (Fsp3) is 0.208. The Labute approximate surface area is 184 Å². The standard InChI is InChI=1S/C24H23N5O3/c25-22-12-21(16-8-11-20(24(30)31)26-13-16)28-23-19(14-27-29(22)23)15-6-9-18(10-7-15)32-17-4-2-1-3-5-17/h1-7,9-10,12,14,16,20,26H,8,11,13,25H2,(H,30,31). The third-order valence-electron chi connectivity index (χ3n) is 5.79. The first-order valence-corrected chi connectivity index (χ1v) is 10.5. The number of nitrogens with one attached hydrogen (secondary N) is 1. The molecule has 0 amide bonds. The number of rotatable bonds is 5. The number of carbonyl (C=O) groups is 1. The molecule has 4 aromatic rings. The molecule has 2 aromatic carbocycles. The summed E-state index contributed by atoms with van der Waals surface area (Å²) in [4.78, 5) is 16.1. The van der Waals surface area contributed by atoms with Crippen molar-refractivity contribution in [3.8, 4) is 22.6 Å². The van der Waals surface area contributed by atoms with Gasteiger partial charge in [0.15, 0.2) is 5.65 Å². The molecule has 0 bridgehead atoms. The van der Waals surface area contributed by atoms with Gasteiger partial charge in [-0.15, -0.1) is 0 Å². The summed E-state index contributed by atoms with van der Waals surface area (Å²) in [6.07, 6.45) is 3.05. The molecule has 2 unspecified atom stereocenters. The lowest BCUT2D eigenvalue weighted by Crippen LogP contribution is -2.43. The van der Waals surface area contributed by atoms with Crippen LogP contribution in [0.25, 0.3) is 16.8 Å². The summed E-state index contributed by atoms with van der Waals surface area (Å²) < 4.78 is 7.50. The van der Waals surface area contributed by atoms with Gasteiger partial charge in [-0.05, 0) is 42.7 Å². The molecular weight excluding hydrogens is 406 g/mol. The van der Waals surface area contributed by atoms with Crippen LogP contribution in [0.4, 0.5) is 5.82 Å². The molecule has 5 rings (SSSR count). The van der Waals surface area contributed by atoms with Crippen molar-refractivity contribution in [3.05, 3.63) is 72.6 Å². The number of nitrogens with two attached hydrogens (primary N) is 1. The topological polar surface area (TPSA) is 115 Å². The predicted molar refractivity (Wildman–Crippen MR) is 121 cm³/mol. The normalized spacial score (nSPS) is 18.5. The van der Waals surface area contributed by atoms with Crippen LogP contribution in [-0.2, 0) is 4.79 Å². The minimum Gasteiger partial charge on any atom is -0.480 e. The highest BCUT2D eigenvalue weighted by Crippen LogP contribution is 2.31. The largest absolute Gasteiger partial charge is 0.480 e. The third kappa shape index (κ3) is 3.88. The smallest absolute Gasteiger partial charge is 0.320 e. The summed E-state index contributed by atoms with van der Waals surface area (Å²) in [5, 5.41) is 16.7. The van der Waals surface area contributed by atoms with Crippen molar-refractivity contribution in [1.29, 1.82) is 0 Å². The minimum atomic E-state index is -0.816. The number of ether oxygens (including phenoxy) is 1. The van der Waals surface area contributed by atoms with Gasteiger partial charge in [0, 0.05) is 24.1 Å². The molecule has 162 valence electrons. The van der Waals surface area contributed by atoms with Crippen LogP contribution in [0.5, 0.6) is 11.5 Å². The number of para-hydroxylation sites is 1. The number of piperidine rings is 1. The van der Waals surface area contributed by atoms with E-state index >= 15 is 0 Å². The number of nitrogens with zero attached hydrogens (tertiary/aromatic N) is 3. The van der Waals surface area contributed by atoms with Crippen molar-refractivity contribution in [2.45, 2.75) is 24.8 Å². The van der Waals surface area contributed by atoms with Crippen LogP contribution >= 0.6 is 0 Å². The lowest BCUT2D eigenvalue weighted by molar-refractivity contribution is -0.140. The van der Waals surface area contributed by atoms with Gasteiger partial charge in [-0.25, -0.2) is 4.98 Å². The van der Waals surface area contributed by atoms with Gasteiger partial charge < -0.3 is 20.9 Å². The van der Waals surface area contributed by atoms with E-state index in [0.29, 0.717) is 24.4 Å². The molecule has 8 heteroatoms. The molecule has 1 saturated heterocycles. The zero-order chi connectivity index (χ0) is 22.1. The zero-order valence-electron chi connectivity index (χ0n) is 17.3. The van der Waals surface area contributed by atoms with Gasteiger partial charge in [-0.1, -0.05) is 30.3 Å². The SMILES string of the molecule is Nc1cc(C2CCC(C(=O)O)NC2)nc2c(-c3ccc(Oc4ccccc4)cc3)cnn12. The van der Waals surface area contributed by atoms with E-state index in [0.717, 1.165) is 34.7 Å². The maximum atomic E-state index is 11.2. The second-order valence-electron chi connectivity index (χ2n) is 7.91. The average molecular weight is 429 g/mol. The molecule has 1 fully saturated rings. The number of hydrogen-bond acceptors (Lipinski definition) is 6. The molecule has 0 aliphatic carbocycles. The molecule has 3 heterocycles. The molecule has 1 aliphatic rings. The van der Waals surface area contributed by atoms with E-state index in [1.54, 1.807) is 10.7 Å². The highest BCUT2D eigenvalue weighted by Gasteiger charge is 2.27. The van der Waals surface area contributed by atoms with Crippen molar-refractivity contribution in [3.63, 3.8) is 0 Å². The van der Waals surface area contributed by atoms with Crippen LogP contribution in [0.1, 0.15) is 24.5 Å². The van der Waals surface area contributed by atoms with E-state index in [4.69, 9.17) is 15.5 Å². The third-order valence-corrected chi connectivity index (χ3v) is 5.79. The van der Waals surface area contributed by atoms with Gasteiger partial charge in [0.2, 0.25) is 0 Å². The van der Waals surface area contributed by atoms with Gasteiger partial charge in [0.25, 0.3) is 0 Å². The molecule has 32 heavy (non-hydrogen) atoms. The van der Waals surface area contributed by atoms with Gasteiger partial charge in [0.1, 0.15) is 23.4 Å². The monoisotopic (exact) mass is 429 g/mol. The number of fused-ring (bicyclic) bond motifs is 1. The van der Waals surface area contributed by atoms with E-state index in [1.807, 2.05) is 60.7 Å². The number of nitrogen functional groups attached to an aromatic ring is 1. The lowest BCUT2D eigenvalue weighted by atomic mass is 9.92. The fourth-order valence-electron chi connectivity index (χ4n) is 4.07. The van der Waals surface area contributed by atoms with Gasteiger partial charge in [0.05, 0.1) is 11.9 Å². The first kappa shape index (κ1) is 20.0. The number of carboxylic acid groups (broad SMARTS) is 1. The maximum absolute atomic E-state index is 11.2. The first-order chi connectivity index (χ1) is 15.6. The number of anilines is 1. The fourth-order valence-corrected chi connectivity index (χ4v) is 4.07. The Morgan fingerprint density at radius 3 is 2.53 bits per heavy atom. The predicted octanol–water partition coefficient (Wildman–Crippen LogP) is 3.69. The Kier molecular flexibility index (Phi) is 5.20. The number of aromatic nitrogens is 3. The molecule has 0 spiro atoms. The summed E-state index contributed by atoms with van der Waals surface area (Å²) in [7, 11) is 0. The Bertz CT molecular complexity index is 1250. The molecule has 2 aromatic heterocycles. The van der Waals surface area contributed by atoms with Gasteiger partial charge in [-0.2, -0.15) is 9.61 Å². The highest BCUT2D eigenvalue weighted by molar-refractivity contribution is 5.78. The van der Waals surface area contributed by atoms with Gasteiger partial charge >= 0.3 is 5.97 Å². The molecule has 8 nitrogen and oxygen atoms in total. The Hall–Kier alpha value is -3.91. The van der Waals surface area contributed by atoms with Gasteiger partial charge in [-0.3, -0.25) is 4.79 Å². The van der Waals surface area contributed by atoms with E-state index in [2.05, 4.69) is 10.4 Å². The maximum Gasteiger partial charge on any atom is 0.320 e. The molecular formula is C24H23N5O3. The van der Waals surface area contributed by atoms with Crippen molar-refractivity contribution in [2.24, 2.45) is 0 Å². The second kappa shape index (κ2) is 8.32. The number of aliphatic carboxylic acids is 1. The van der Waals surface area contributed by atoms with E-state index in [-0.39, 0.29) is 5.92 Å². The van der Waals surface area contributed by atoms with Crippen molar-refractivity contribution >= 4 is 17.4 Å². The van der Waals surface area contributed by atoms with Crippen molar-refractivity contribution in [2.75, 3.05) is 12.3 Å². The molecule has 0 saturated carbocycles. The molecule has 1 aliphatic heterocycles. The summed E-state index contributed by atoms with van der Waals surface area (Å²) >= 11 is 0. The van der Waals surface area contributed by atoms with E-state index in [1.165, 1.54) is 0 Å². The molecule has 0 radical (unpaired) electrons. The molecule has 2 atom stereocenters. The molecule has 4 N–H and O–H groups in total. The van der Waals surface area contributed by atoms with E-state index < -0.39 is 12.0 Å². The van der Waals surface area contributed by atoms with Crippen LogP contribution in [0, 0.1) is 0 Å². The van der Waals surface area contributed by atoms with Crippen LogP contribution in [-0.4, -0.2) is 38.3 Å². The zero-order valence-corrected chi connectivity index (χ0v) is 17.3. The van der Waals surface area contributed by atoms with Crippen LogP contribution < -0.4 is 15.8 Å².